The summed E-state index contributed by atoms with van der Waals surface area (Å²) in [5.41, 5.74) is 0.598. The molecule has 1 aromatic carbocycles. The zero-order valence-electron chi connectivity index (χ0n) is 14.0. The number of amides is 1. The minimum atomic E-state index is -0.617. The van der Waals surface area contributed by atoms with Gasteiger partial charge in [0.1, 0.15) is 0 Å². The van der Waals surface area contributed by atoms with Gasteiger partial charge < -0.3 is 19.1 Å². The molecule has 2 atom stereocenters. The maximum atomic E-state index is 12.1. The van der Waals surface area contributed by atoms with Crippen LogP contribution in [0.4, 0.5) is 0 Å². The summed E-state index contributed by atoms with van der Waals surface area (Å²) in [5, 5.41) is 0. The van der Waals surface area contributed by atoms with Gasteiger partial charge in [-0.05, 0) is 38.1 Å². The van der Waals surface area contributed by atoms with Gasteiger partial charge in [0.25, 0.3) is 5.91 Å². The minimum absolute atomic E-state index is 0.0423. The van der Waals surface area contributed by atoms with Crippen molar-refractivity contribution < 1.29 is 28.6 Å². The molecule has 7 heteroatoms. The first-order valence-corrected chi connectivity index (χ1v) is 7.69. The van der Waals surface area contributed by atoms with Crippen molar-refractivity contribution in [2.45, 2.75) is 26.1 Å². The first kappa shape index (κ1) is 17.9. The highest BCUT2D eigenvalue weighted by Crippen LogP contribution is 2.11. The molecule has 130 valence electrons. The molecule has 1 amide bonds. The zero-order valence-corrected chi connectivity index (χ0v) is 14.0. The van der Waals surface area contributed by atoms with E-state index < -0.39 is 11.9 Å². The Kier molecular flexibility index (Phi) is 5.92. The van der Waals surface area contributed by atoms with E-state index in [9.17, 15) is 14.4 Å². The Morgan fingerprint density at radius 2 is 1.54 bits per heavy atom. The van der Waals surface area contributed by atoms with E-state index in [0.29, 0.717) is 18.7 Å². The number of carbonyl (C=O) groups is 3. The molecule has 0 aromatic heterocycles. The van der Waals surface area contributed by atoms with E-state index in [4.69, 9.17) is 9.47 Å². The van der Waals surface area contributed by atoms with Crippen molar-refractivity contribution in [3.05, 3.63) is 35.4 Å². The molecule has 0 aliphatic carbocycles. The van der Waals surface area contributed by atoms with Crippen molar-refractivity contribution >= 4 is 17.8 Å². The fraction of sp³-hybridized carbons (Fsp3) is 0.471. The number of esters is 2. The molecule has 2 rings (SSSR count). The van der Waals surface area contributed by atoms with Gasteiger partial charge in [-0.3, -0.25) is 4.79 Å². The van der Waals surface area contributed by atoms with Crippen LogP contribution in [-0.2, 0) is 19.0 Å². The molecule has 1 fully saturated rings. The standard InChI is InChI=1S/C17H21NO6/c1-11-8-18(9-12(2)24-11)15(19)10-23-17(21)14-6-4-13(5-7-14)16(20)22-3/h4-7,11-12H,8-10H2,1-3H3. The Labute approximate surface area is 140 Å². The van der Waals surface area contributed by atoms with Crippen molar-refractivity contribution in [1.29, 1.82) is 0 Å². The van der Waals surface area contributed by atoms with Crippen LogP contribution in [0.25, 0.3) is 0 Å². The number of hydrogen-bond donors (Lipinski definition) is 0. The van der Waals surface area contributed by atoms with Gasteiger partial charge in [-0.1, -0.05) is 0 Å². The molecule has 0 radical (unpaired) electrons. The Morgan fingerprint density at radius 3 is 2.04 bits per heavy atom. The van der Waals surface area contributed by atoms with Crippen LogP contribution in [0.5, 0.6) is 0 Å². The van der Waals surface area contributed by atoms with Gasteiger partial charge in [0.15, 0.2) is 6.61 Å². The van der Waals surface area contributed by atoms with Gasteiger partial charge in [0.2, 0.25) is 0 Å². The average Bonchev–Trinajstić information content (AvgIpc) is 2.57. The highest BCUT2D eigenvalue weighted by molar-refractivity contribution is 5.94. The number of hydrogen-bond acceptors (Lipinski definition) is 6. The Morgan fingerprint density at radius 1 is 1.04 bits per heavy atom. The molecular formula is C17H21NO6. The molecule has 0 saturated carbocycles. The van der Waals surface area contributed by atoms with Crippen LogP contribution in [0.2, 0.25) is 0 Å². The lowest BCUT2D eigenvalue weighted by Gasteiger charge is -2.35. The van der Waals surface area contributed by atoms with Gasteiger partial charge in [-0.2, -0.15) is 0 Å². The molecule has 1 aliphatic heterocycles. The molecule has 1 heterocycles. The Bertz CT molecular complexity index is 602. The fourth-order valence-corrected chi connectivity index (χ4v) is 2.54. The maximum absolute atomic E-state index is 12.1. The van der Waals surface area contributed by atoms with E-state index >= 15 is 0 Å². The quantitative estimate of drug-likeness (QED) is 0.771. The highest BCUT2D eigenvalue weighted by atomic mass is 16.5. The second-order valence-electron chi connectivity index (χ2n) is 5.70. The van der Waals surface area contributed by atoms with Crippen LogP contribution in [0.15, 0.2) is 24.3 Å². The number of morpholine rings is 1. The second-order valence-corrected chi connectivity index (χ2v) is 5.70. The van der Waals surface area contributed by atoms with Crippen molar-refractivity contribution in [3.8, 4) is 0 Å². The van der Waals surface area contributed by atoms with Crippen molar-refractivity contribution in [2.75, 3.05) is 26.8 Å². The summed E-state index contributed by atoms with van der Waals surface area (Å²) in [5.74, 6) is -1.36. The number of carbonyl (C=O) groups excluding carboxylic acids is 3. The lowest BCUT2D eigenvalue weighted by Crippen LogP contribution is -2.49. The van der Waals surface area contributed by atoms with Crippen molar-refractivity contribution in [3.63, 3.8) is 0 Å². The number of rotatable bonds is 4. The van der Waals surface area contributed by atoms with E-state index in [1.54, 1.807) is 4.90 Å². The summed E-state index contributed by atoms with van der Waals surface area (Å²) in [7, 11) is 1.28. The number of ether oxygens (including phenoxy) is 3. The van der Waals surface area contributed by atoms with E-state index in [0.717, 1.165) is 0 Å². The van der Waals surface area contributed by atoms with Crippen LogP contribution in [0.3, 0.4) is 0 Å². The molecule has 0 spiro atoms. The molecule has 0 N–H and O–H groups in total. The second kappa shape index (κ2) is 7.92. The Balaban J connectivity index is 1.88. The molecular weight excluding hydrogens is 314 g/mol. The van der Waals surface area contributed by atoms with Gasteiger partial charge in [-0.15, -0.1) is 0 Å². The number of methoxy groups -OCH3 is 1. The monoisotopic (exact) mass is 335 g/mol. The molecule has 2 unspecified atom stereocenters. The summed E-state index contributed by atoms with van der Waals surface area (Å²) >= 11 is 0. The Hall–Kier alpha value is -2.41. The van der Waals surface area contributed by atoms with Crippen LogP contribution >= 0.6 is 0 Å². The van der Waals surface area contributed by atoms with Crippen LogP contribution in [0, 0.1) is 0 Å². The van der Waals surface area contributed by atoms with Gasteiger partial charge in [-0.25, -0.2) is 9.59 Å². The largest absolute Gasteiger partial charge is 0.465 e. The number of nitrogens with zero attached hydrogens (tertiary/aromatic N) is 1. The minimum Gasteiger partial charge on any atom is -0.465 e. The van der Waals surface area contributed by atoms with E-state index in [1.807, 2.05) is 13.8 Å². The van der Waals surface area contributed by atoms with E-state index in [1.165, 1.54) is 31.4 Å². The first-order chi connectivity index (χ1) is 11.4. The molecule has 7 nitrogen and oxygen atoms in total. The lowest BCUT2D eigenvalue weighted by atomic mass is 10.1. The highest BCUT2D eigenvalue weighted by Gasteiger charge is 2.26. The molecule has 1 aromatic rings. The van der Waals surface area contributed by atoms with Gasteiger partial charge >= 0.3 is 11.9 Å². The van der Waals surface area contributed by atoms with Crippen molar-refractivity contribution in [1.82, 2.24) is 4.90 Å². The van der Waals surface area contributed by atoms with Crippen LogP contribution in [0.1, 0.15) is 34.6 Å². The lowest BCUT2D eigenvalue weighted by molar-refractivity contribution is -0.146. The third-order valence-corrected chi connectivity index (χ3v) is 3.64. The molecule has 1 aliphatic rings. The third kappa shape index (κ3) is 4.55. The molecule has 24 heavy (non-hydrogen) atoms. The predicted octanol–water partition coefficient (Wildman–Crippen LogP) is 1.27. The van der Waals surface area contributed by atoms with E-state index in [2.05, 4.69) is 4.74 Å². The summed E-state index contributed by atoms with van der Waals surface area (Å²) in [4.78, 5) is 37.1. The maximum Gasteiger partial charge on any atom is 0.338 e. The predicted molar refractivity (Wildman–Crippen MR) is 84.7 cm³/mol. The summed E-state index contributed by atoms with van der Waals surface area (Å²) in [6.07, 6.45) is -0.0847. The summed E-state index contributed by atoms with van der Waals surface area (Å²) in [6, 6.07) is 5.85. The fourth-order valence-electron chi connectivity index (χ4n) is 2.54. The summed E-state index contributed by atoms with van der Waals surface area (Å²) in [6.45, 7) is 4.43. The zero-order chi connectivity index (χ0) is 17.7. The van der Waals surface area contributed by atoms with Crippen molar-refractivity contribution in [2.24, 2.45) is 0 Å². The smallest absolute Gasteiger partial charge is 0.338 e. The molecule has 0 bridgehead atoms. The average molecular weight is 335 g/mol. The summed E-state index contributed by atoms with van der Waals surface area (Å²) < 4.78 is 15.2. The first-order valence-electron chi connectivity index (χ1n) is 7.69. The van der Waals surface area contributed by atoms with E-state index in [-0.39, 0.29) is 30.3 Å². The van der Waals surface area contributed by atoms with Crippen LogP contribution in [-0.4, -0.2) is 61.8 Å². The topological polar surface area (TPSA) is 82.1 Å². The number of benzene rings is 1. The third-order valence-electron chi connectivity index (χ3n) is 3.64. The normalized spacial score (nSPS) is 20.4. The van der Waals surface area contributed by atoms with Gasteiger partial charge in [0.05, 0.1) is 30.4 Å². The van der Waals surface area contributed by atoms with Crippen LogP contribution < -0.4 is 0 Å². The molecule has 1 saturated heterocycles. The van der Waals surface area contributed by atoms with Gasteiger partial charge in [0, 0.05) is 13.1 Å². The SMILES string of the molecule is COC(=O)c1ccc(C(=O)OCC(=O)N2CC(C)OC(C)C2)cc1.